The fourth-order valence-corrected chi connectivity index (χ4v) is 4.52. The van der Waals surface area contributed by atoms with Gasteiger partial charge in [-0.1, -0.05) is 41.9 Å². The van der Waals surface area contributed by atoms with Crippen molar-refractivity contribution in [3.8, 4) is 5.75 Å². The van der Waals surface area contributed by atoms with Crippen LogP contribution in [0, 0.1) is 0 Å². The van der Waals surface area contributed by atoms with Gasteiger partial charge in [0.25, 0.3) is 11.5 Å². The van der Waals surface area contributed by atoms with Crippen molar-refractivity contribution in [2.75, 3.05) is 5.32 Å². The number of nitrogens with one attached hydrogen (secondary N) is 1. The summed E-state index contributed by atoms with van der Waals surface area (Å²) in [4.78, 5) is 30.2. The van der Waals surface area contributed by atoms with E-state index in [0.29, 0.717) is 5.02 Å². The van der Waals surface area contributed by atoms with E-state index in [9.17, 15) is 19.8 Å². The fourth-order valence-electron chi connectivity index (χ4n) is 4.27. The molecule has 0 saturated heterocycles. The fraction of sp³-hybridized carbons (Fsp3) is 0.320. The largest absolute Gasteiger partial charge is 0.501 e. The summed E-state index contributed by atoms with van der Waals surface area (Å²) in [7, 11) is 1.48. The Labute approximate surface area is 217 Å². The number of hydrogen-bond acceptors (Lipinski definition) is 8. The zero-order valence-corrected chi connectivity index (χ0v) is 21.5. The number of carbonyl (C=O) groups excluding carboxylic acids is 1. The number of carbonyl (C=O) groups is 1. The van der Waals surface area contributed by atoms with E-state index >= 15 is 0 Å². The molecule has 0 saturated carbocycles. The molecule has 0 unspecified atom stereocenters. The van der Waals surface area contributed by atoms with Crippen LogP contribution in [0.4, 0.5) is 5.69 Å². The number of nitrogens with zero attached hydrogens (tertiary/aromatic N) is 5. The van der Waals surface area contributed by atoms with Crippen molar-refractivity contribution in [2.45, 2.75) is 44.8 Å². The topological polar surface area (TPSA) is 148 Å². The normalized spacial score (nSPS) is 13.4. The highest BCUT2D eigenvalue weighted by Crippen LogP contribution is 2.40. The Kier molecular flexibility index (Phi) is 7.19. The summed E-state index contributed by atoms with van der Waals surface area (Å²) in [6, 6.07) is 7.30. The van der Waals surface area contributed by atoms with Gasteiger partial charge >= 0.3 is 0 Å². The zero-order chi connectivity index (χ0) is 26.9. The first kappa shape index (κ1) is 26.1. The van der Waals surface area contributed by atoms with Gasteiger partial charge < -0.3 is 20.1 Å². The molecule has 1 amide bonds. The van der Waals surface area contributed by atoms with Crippen LogP contribution in [0.3, 0.4) is 0 Å². The van der Waals surface area contributed by atoms with Crippen LogP contribution in [-0.4, -0.2) is 46.2 Å². The summed E-state index contributed by atoms with van der Waals surface area (Å²) in [6.07, 6.45) is 5.96. The Morgan fingerprint density at radius 2 is 2.00 bits per heavy atom. The Morgan fingerprint density at radius 1 is 1.27 bits per heavy atom. The average Bonchev–Trinajstić information content (AvgIpc) is 3.50. The van der Waals surface area contributed by atoms with Crippen molar-refractivity contribution in [1.82, 2.24) is 24.5 Å². The second-order valence-electron chi connectivity index (χ2n) is 9.47. The minimum Gasteiger partial charge on any atom is -0.501 e. The summed E-state index contributed by atoms with van der Waals surface area (Å²) >= 11 is 6.60. The van der Waals surface area contributed by atoms with E-state index in [0.717, 1.165) is 11.1 Å². The lowest BCUT2D eigenvalue weighted by Gasteiger charge is -2.26. The van der Waals surface area contributed by atoms with Crippen molar-refractivity contribution >= 4 is 23.2 Å². The van der Waals surface area contributed by atoms with E-state index in [-0.39, 0.29) is 18.1 Å². The molecule has 1 aromatic carbocycles. The molecule has 0 aliphatic heterocycles. The van der Waals surface area contributed by atoms with Gasteiger partial charge in [0.15, 0.2) is 5.69 Å². The van der Waals surface area contributed by atoms with Gasteiger partial charge in [0.2, 0.25) is 5.75 Å². The number of aliphatic hydroxyl groups is 1. The molecule has 37 heavy (non-hydrogen) atoms. The molecule has 12 heteroatoms. The minimum absolute atomic E-state index is 0.245. The molecule has 0 radical (unpaired) electrons. The summed E-state index contributed by atoms with van der Waals surface area (Å²) in [5, 5.41) is 31.6. The van der Waals surface area contributed by atoms with Crippen molar-refractivity contribution in [2.24, 2.45) is 7.05 Å². The van der Waals surface area contributed by atoms with Crippen LogP contribution in [0.2, 0.25) is 5.02 Å². The van der Waals surface area contributed by atoms with Crippen LogP contribution in [0.25, 0.3) is 0 Å². The van der Waals surface area contributed by atoms with E-state index in [1.165, 1.54) is 24.1 Å². The SMILES string of the molecule is C[C@@H](c1nc(C(=O)Nc2cnoc2)c(O)c(=O)n1C)[C@H](c1cnn(CC(C)(C)O)c1)c1ccccc1Cl. The summed E-state index contributed by atoms with van der Waals surface area (Å²) in [5.41, 5.74) is -0.413. The molecular weight excluding hydrogens is 500 g/mol. The maximum atomic E-state index is 12.9. The molecule has 3 aromatic heterocycles. The molecule has 0 aliphatic rings. The molecule has 0 spiro atoms. The van der Waals surface area contributed by atoms with E-state index in [1.807, 2.05) is 25.1 Å². The number of amides is 1. The Bertz CT molecular complexity index is 1470. The maximum absolute atomic E-state index is 12.9. The van der Waals surface area contributed by atoms with Crippen molar-refractivity contribution < 1.29 is 19.5 Å². The van der Waals surface area contributed by atoms with Gasteiger partial charge in [-0.25, -0.2) is 4.98 Å². The number of aromatic hydroxyl groups is 1. The van der Waals surface area contributed by atoms with E-state index in [1.54, 1.807) is 37.0 Å². The smallest absolute Gasteiger partial charge is 0.296 e. The van der Waals surface area contributed by atoms with Crippen molar-refractivity contribution in [3.05, 3.63) is 87.1 Å². The van der Waals surface area contributed by atoms with Crippen LogP contribution in [0.5, 0.6) is 5.75 Å². The van der Waals surface area contributed by atoms with Gasteiger partial charge in [-0.3, -0.25) is 18.8 Å². The number of aromatic nitrogens is 5. The standard InChI is InChI=1S/C25H27ClN6O5/c1-14(22-30-20(21(33)24(35)31(22)4)23(34)29-16-10-28-37-12-16)19(17-7-5-6-8-18(17)26)15-9-27-32(11-15)13-25(2,3)36/h5-12,14,19,33,36H,13H2,1-4H3,(H,29,34)/t14-,19-/m1/s1. The molecule has 3 N–H and O–H groups in total. The quantitative estimate of drug-likeness (QED) is 0.317. The first-order valence-electron chi connectivity index (χ1n) is 11.5. The van der Waals surface area contributed by atoms with Gasteiger partial charge in [-0.2, -0.15) is 5.10 Å². The van der Waals surface area contributed by atoms with Crippen LogP contribution in [0.1, 0.15) is 60.0 Å². The molecule has 4 rings (SSSR count). The number of hydrogen-bond donors (Lipinski definition) is 3. The van der Waals surface area contributed by atoms with E-state index in [4.69, 9.17) is 16.1 Å². The molecule has 0 aliphatic carbocycles. The van der Waals surface area contributed by atoms with Crippen LogP contribution < -0.4 is 10.9 Å². The van der Waals surface area contributed by atoms with Gasteiger partial charge in [-0.15, -0.1) is 0 Å². The molecule has 0 fully saturated rings. The first-order chi connectivity index (χ1) is 17.5. The lowest BCUT2D eigenvalue weighted by Crippen LogP contribution is -2.29. The highest BCUT2D eigenvalue weighted by molar-refractivity contribution is 6.31. The Hall–Kier alpha value is -3.96. The van der Waals surface area contributed by atoms with Crippen LogP contribution in [-0.2, 0) is 13.6 Å². The zero-order valence-electron chi connectivity index (χ0n) is 20.7. The summed E-state index contributed by atoms with van der Waals surface area (Å²) < 4.78 is 7.55. The predicted molar refractivity (Wildman–Crippen MR) is 136 cm³/mol. The second kappa shape index (κ2) is 10.2. The monoisotopic (exact) mass is 526 g/mol. The summed E-state index contributed by atoms with van der Waals surface area (Å²) in [6.45, 7) is 5.48. The molecule has 3 heterocycles. The summed E-state index contributed by atoms with van der Waals surface area (Å²) in [5.74, 6) is -2.25. The lowest BCUT2D eigenvalue weighted by molar-refractivity contribution is 0.0577. The van der Waals surface area contributed by atoms with Gasteiger partial charge in [-0.05, 0) is 31.0 Å². The van der Waals surface area contributed by atoms with E-state index in [2.05, 4.69) is 20.6 Å². The first-order valence-corrected chi connectivity index (χ1v) is 11.8. The molecular formula is C25H27ClN6O5. The number of anilines is 1. The highest BCUT2D eigenvalue weighted by Gasteiger charge is 2.31. The molecule has 194 valence electrons. The maximum Gasteiger partial charge on any atom is 0.296 e. The predicted octanol–water partition coefficient (Wildman–Crippen LogP) is 3.28. The number of rotatable bonds is 8. The van der Waals surface area contributed by atoms with Crippen LogP contribution in [0.15, 0.2) is 58.4 Å². The number of halogens is 1. The van der Waals surface area contributed by atoms with Gasteiger partial charge in [0.1, 0.15) is 17.8 Å². The third kappa shape index (κ3) is 5.57. The van der Waals surface area contributed by atoms with Gasteiger partial charge in [0, 0.05) is 30.1 Å². The minimum atomic E-state index is -0.982. The highest BCUT2D eigenvalue weighted by atomic mass is 35.5. The van der Waals surface area contributed by atoms with E-state index < -0.39 is 40.3 Å². The lowest BCUT2D eigenvalue weighted by atomic mass is 9.82. The molecule has 11 nitrogen and oxygen atoms in total. The number of benzene rings is 1. The third-order valence-corrected chi connectivity index (χ3v) is 6.26. The molecule has 0 bridgehead atoms. The Balaban J connectivity index is 1.81. The molecule has 4 aromatic rings. The van der Waals surface area contributed by atoms with Crippen LogP contribution >= 0.6 is 11.6 Å². The van der Waals surface area contributed by atoms with Gasteiger partial charge in [0.05, 0.1) is 24.5 Å². The second-order valence-corrected chi connectivity index (χ2v) is 9.88. The van der Waals surface area contributed by atoms with Crippen molar-refractivity contribution in [1.29, 1.82) is 0 Å². The average molecular weight is 527 g/mol. The third-order valence-electron chi connectivity index (χ3n) is 5.92. The Morgan fingerprint density at radius 3 is 2.65 bits per heavy atom. The molecule has 2 atom stereocenters. The van der Waals surface area contributed by atoms with Crippen molar-refractivity contribution in [3.63, 3.8) is 0 Å².